The molecule has 1 amide bonds. The van der Waals surface area contributed by atoms with E-state index in [0.717, 1.165) is 76.0 Å². The van der Waals surface area contributed by atoms with Gasteiger partial charge in [-0.15, -0.1) is 0 Å². The smallest absolute Gasteiger partial charge is 0.225 e. The van der Waals surface area contributed by atoms with Crippen LogP contribution >= 0.6 is 0 Å². The third-order valence-electron chi connectivity index (χ3n) is 6.36. The molecule has 0 radical (unpaired) electrons. The van der Waals surface area contributed by atoms with E-state index in [1.54, 1.807) is 24.7 Å². The van der Waals surface area contributed by atoms with Crippen LogP contribution in [0.25, 0.3) is 0 Å². The van der Waals surface area contributed by atoms with Gasteiger partial charge in [0.05, 0.1) is 6.20 Å². The summed E-state index contributed by atoms with van der Waals surface area (Å²) in [6, 6.07) is 1.76. The number of pyridine rings is 1. The number of likely N-dealkylation sites (tertiary alicyclic amines) is 2. The van der Waals surface area contributed by atoms with Crippen LogP contribution < -0.4 is 5.73 Å². The van der Waals surface area contributed by atoms with E-state index in [0.29, 0.717) is 11.8 Å². The summed E-state index contributed by atoms with van der Waals surface area (Å²) in [4.78, 5) is 29.2. The molecule has 4 heterocycles. The summed E-state index contributed by atoms with van der Waals surface area (Å²) >= 11 is 0. The zero-order chi connectivity index (χ0) is 20.9. The van der Waals surface area contributed by atoms with Gasteiger partial charge in [0.15, 0.2) is 0 Å². The summed E-state index contributed by atoms with van der Waals surface area (Å²) in [5, 5.41) is 0. The topological polar surface area (TPSA) is 88.2 Å². The van der Waals surface area contributed by atoms with E-state index in [1.807, 2.05) is 4.90 Å². The molecule has 8 heteroatoms. The van der Waals surface area contributed by atoms with E-state index in [2.05, 4.69) is 19.9 Å². The maximum atomic E-state index is 13.8. The summed E-state index contributed by atoms with van der Waals surface area (Å²) in [7, 11) is 0. The Kier molecular flexibility index (Phi) is 6.52. The number of hydrogen-bond acceptors (Lipinski definition) is 6. The minimum atomic E-state index is -0.228. The van der Waals surface area contributed by atoms with Crippen molar-refractivity contribution in [2.24, 2.45) is 11.8 Å². The molecule has 2 N–H and O–H groups in total. The van der Waals surface area contributed by atoms with Gasteiger partial charge in [-0.25, -0.2) is 14.4 Å². The lowest BCUT2D eigenvalue weighted by Gasteiger charge is -2.37. The van der Waals surface area contributed by atoms with Crippen LogP contribution in [-0.2, 0) is 17.8 Å². The molecule has 2 saturated heterocycles. The maximum absolute atomic E-state index is 13.8. The first-order valence-corrected chi connectivity index (χ1v) is 10.7. The Hall–Kier alpha value is -2.61. The number of carbonyl (C=O) groups excluding carboxylic acids is 1. The number of nitrogens with zero attached hydrogens (tertiary/aromatic N) is 5. The highest BCUT2D eigenvalue weighted by Gasteiger charge is 2.31. The predicted octanol–water partition coefficient (Wildman–Crippen LogP) is 2.29. The van der Waals surface area contributed by atoms with Crippen molar-refractivity contribution in [3.05, 3.63) is 47.8 Å². The molecule has 0 bridgehead atoms. The summed E-state index contributed by atoms with van der Waals surface area (Å²) < 4.78 is 13.8. The molecule has 4 rings (SSSR count). The fraction of sp³-hybridized carbons (Fsp3) is 0.545. The number of amides is 1. The molecule has 2 aliphatic heterocycles. The molecule has 160 valence electrons. The second-order valence-electron chi connectivity index (χ2n) is 8.44. The first kappa shape index (κ1) is 20.7. The standard InChI is InChI=1S/C22H29FN6O/c23-20-14-25-6-1-19(20)11-16-2-9-29(10-3-16)21(30)18-4-7-28(8-5-18)15-17-12-26-22(24)27-13-17/h1,6,12-14,16,18H,2-5,7-11,15H2,(H2,24,26,27). The average molecular weight is 413 g/mol. The van der Waals surface area contributed by atoms with E-state index >= 15 is 0 Å². The number of carbonyl (C=O) groups is 1. The van der Waals surface area contributed by atoms with Gasteiger partial charge in [-0.2, -0.15) is 0 Å². The molecule has 0 aromatic carbocycles. The number of piperidine rings is 2. The Morgan fingerprint density at radius 3 is 2.43 bits per heavy atom. The Morgan fingerprint density at radius 2 is 1.77 bits per heavy atom. The van der Waals surface area contributed by atoms with Gasteiger partial charge in [-0.1, -0.05) is 0 Å². The van der Waals surface area contributed by atoms with E-state index < -0.39 is 0 Å². The van der Waals surface area contributed by atoms with E-state index in [1.165, 1.54) is 6.20 Å². The zero-order valence-corrected chi connectivity index (χ0v) is 17.2. The normalized spacial score (nSPS) is 19.2. The van der Waals surface area contributed by atoms with Gasteiger partial charge in [0, 0.05) is 49.7 Å². The number of nitrogen functional groups attached to an aromatic ring is 1. The average Bonchev–Trinajstić information content (AvgIpc) is 2.77. The minimum absolute atomic E-state index is 0.109. The van der Waals surface area contributed by atoms with Crippen LogP contribution in [0.1, 0.15) is 36.8 Å². The molecular formula is C22H29FN6O. The van der Waals surface area contributed by atoms with Crippen molar-refractivity contribution >= 4 is 11.9 Å². The molecule has 0 unspecified atom stereocenters. The van der Waals surface area contributed by atoms with E-state index in [-0.39, 0.29) is 17.7 Å². The molecule has 0 saturated carbocycles. The summed E-state index contributed by atoms with van der Waals surface area (Å²) in [5.41, 5.74) is 7.31. The van der Waals surface area contributed by atoms with Gasteiger partial charge < -0.3 is 10.6 Å². The van der Waals surface area contributed by atoms with Crippen LogP contribution in [0.2, 0.25) is 0 Å². The van der Waals surface area contributed by atoms with Gasteiger partial charge in [-0.3, -0.25) is 14.7 Å². The number of aromatic nitrogens is 3. The largest absolute Gasteiger partial charge is 0.368 e. The first-order valence-electron chi connectivity index (χ1n) is 10.7. The SMILES string of the molecule is Nc1ncc(CN2CCC(C(=O)N3CCC(Cc4ccncc4F)CC3)CC2)cn1. The highest BCUT2D eigenvalue weighted by Crippen LogP contribution is 2.26. The minimum Gasteiger partial charge on any atom is -0.368 e. The number of halogens is 1. The summed E-state index contributed by atoms with van der Waals surface area (Å²) in [5.74, 6) is 0.887. The highest BCUT2D eigenvalue weighted by atomic mass is 19.1. The number of nitrogens with two attached hydrogens (primary N) is 1. The van der Waals surface area contributed by atoms with Crippen LogP contribution in [-0.4, -0.2) is 56.8 Å². The monoisotopic (exact) mass is 412 g/mol. The van der Waals surface area contributed by atoms with Gasteiger partial charge in [0.1, 0.15) is 5.82 Å². The lowest BCUT2D eigenvalue weighted by molar-refractivity contribution is -0.138. The second-order valence-corrected chi connectivity index (χ2v) is 8.44. The molecular weight excluding hydrogens is 383 g/mol. The van der Waals surface area contributed by atoms with E-state index in [9.17, 15) is 9.18 Å². The third-order valence-corrected chi connectivity index (χ3v) is 6.36. The van der Waals surface area contributed by atoms with Crippen LogP contribution in [0.4, 0.5) is 10.3 Å². The quantitative estimate of drug-likeness (QED) is 0.811. The highest BCUT2D eigenvalue weighted by molar-refractivity contribution is 5.79. The molecule has 0 spiro atoms. The van der Waals surface area contributed by atoms with Crippen molar-refractivity contribution in [1.29, 1.82) is 0 Å². The zero-order valence-electron chi connectivity index (χ0n) is 17.2. The van der Waals surface area contributed by atoms with Crippen molar-refractivity contribution < 1.29 is 9.18 Å². The lowest BCUT2D eigenvalue weighted by atomic mass is 9.88. The summed E-state index contributed by atoms with van der Waals surface area (Å²) in [6.07, 6.45) is 10.8. The number of anilines is 1. The molecule has 7 nitrogen and oxygen atoms in total. The van der Waals surface area contributed by atoms with E-state index in [4.69, 9.17) is 5.73 Å². The first-order chi connectivity index (χ1) is 14.6. The van der Waals surface area contributed by atoms with Crippen molar-refractivity contribution in [3.63, 3.8) is 0 Å². The molecule has 2 fully saturated rings. The Morgan fingerprint density at radius 1 is 1.07 bits per heavy atom. The van der Waals surface area contributed by atoms with Crippen molar-refractivity contribution in [1.82, 2.24) is 24.8 Å². The second kappa shape index (κ2) is 9.47. The van der Waals surface area contributed by atoms with Crippen molar-refractivity contribution in [2.75, 3.05) is 31.9 Å². The fourth-order valence-corrected chi connectivity index (χ4v) is 4.54. The van der Waals surface area contributed by atoms with Crippen LogP contribution in [0, 0.1) is 17.7 Å². The van der Waals surface area contributed by atoms with Crippen molar-refractivity contribution in [2.45, 2.75) is 38.6 Å². The lowest BCUT2D eigenvalue weighted by Crippen LogP contribution is -2.45. The van der Waals surface area contributed by atoms with Gasteiger partial charge in [-0.05, 0) is 62.7 Å². The third kappa shape index (κ3) is 5.11. The molecule has 2 aromatic heterocycles. The van der Waals surface area contributed by atoms with Crippen LogP contribution in [0.5, 0.6) is 0 Å². The summed E-state index contributed by atoms with van der Waals surface area (Å²) in [6.45, 7) is 4.15. The Balaban J connectivity index is 1.21. The van der Waals surface area contributed by atoms with Gasteiger partial charge in [0.2, 0.25) is 11.9 Å². The van der Waals surface area contributed by atoms with Crippen LogP contribution in [0.15, 0.2) is 30.9 Å². The molecule has 30 heavy (non-hydrogen) atoms. The number of rotatable bonds is 5. The van der Waals surface area contributed by atoms with Crippen LogP contribution in [0.3, 0.4) is 0 Å². The predicted molar refractivity (Wildman–Crippen MR) is 112 cm³/mol. The molecule has 2 aliphatic rings. The molecule has 2 aromatic rings. The van der Waals surface area contributed by atoms with Crippen molar-refractivity contribution in [3.8, 4) is 0 Å². The van der Waals surface area contributed by atoms with Gasteiger partial charge in [0.25, 0.3) is 0 Å². The molecule has 0 aliphatic carbocycles. The molecule has 0 atom stereocenters. The fourth-order valence-electron chi connectivity index (χ4n) is 4.54. The Labute approximate surface area is 176 Å². The van der Waals surface area contributed by atoms with Gasteiger partial charge >= 0.3 is 0 Å². The number of hydrogen-bond donors (Lipinski definition) is 1. The Bertz CT molecular complexity index is 845. The maximum Gasteiger partial charge on any atom is 0.225 e.